The molecular weight excluding hydrogens is 419 g/mol. The summed E-state index contributed by atoms with van der Waals surface area (Å²) in [5.74, 6) is -11.0. The second kappa shape index (κ2) is 7.19. The zero-order chi connectivity index (χ0) is 22.6. The lowest BCUT2D eigenvalue weighted by atomic mass is 10.00. The molecule has 0 bridgehead atoms. The number of aromatic hydroxyl groups is 1. The molecule has 0 aliphatic heterocycles. The summed E-state index contributed by atoms with van der Waals surface area (Å²) in [5, 5.41) is 14.3. The van der Waals surface area contributed by atoms with Crippen LogP contribution in [0.3, 0.4) is 0 Å². The Morgan fingerprint density at radius 2 is 1.29 bits per heavy atom. The standard InChI is InChI=1S/C22H13F5N2O2/c1-9-7-11(8-10(2)21(9)30)19-12-5-3-4-6-13(12)22(31)29(28-19)20-17(26)15(24)14(23)16(25)18(20)27/h3-8,30H,1-2H3. The second-order valence-corrected chi connectivity index (χ2v) is 6.99. The van der Waals surface area contributed by atoms with Crippen LogP contribution in [0.4, 0.5) is 22.0 Å². The van der Waals surface area contributed by atoms with Gasteiger partial charge in [0.25, 0.3) is 5.56 Å². The lowest BCUT2D eigenvalue weighted by molar-refractivity contribution is 0.373. The van der Waals surface area contributed by atoms with Crippen molar-refractivity contribution in [3.63, 3.8) is 0 Å². The molecule has 31 heavy (non-hydrogen) atoms. The molecule has 0 saturated heterocycles. The Morgan fingerprint density at radius 1 is 0.806 bits per heavy atom. The molecule has 4 rings (SSSR count). The summed E-state index contributed by atoms with van der Waals surface area (Å²) < 4.78 is 70.1. The Kier molecular flexibility index (Phi) is 4.76. The van der Waals surface area contributed by atoms with Gasteiger partial charge >= 0.3 is 0 Å². The number of benzene rings is 3. The molecule has 9 heteroatoms. The minimum Gasteiger partial charge on any atom is -0.507 e. The molecule has 4 nitrogen and oxygen atoms in total. The number of hydrogen-bond donors (Lipinski definition) is 1. The maximum Gasteiger partial charge on any atom is 0.279 e. The Bertz CT molecular complexity index is 1390. The minimum atomic E-state index is -2.34. The normalized spacial score (nSPS) is 11.3. The van der Waals surface area contributed by atoms with Crippen molar-refractivity contribution in [3.8, 4) is 22.7 Å². The first-order valence-electron chi connectivity index (χ1n) is 8.98. The summed E-state index contributed by atoms with van der Waals surface area (Å²) in [6.45, 7) is 3.24. The van der Waals surface area contributed by atoms with Gasteiger partial charge in [0.2, 0.25) is 5.82 Å². The summed E-state index contributed by atoms with van der Waals surface area (Å²) in [5.41, 5.74) is -1.16. The van der Waals surface area contributed by atoms with Crippen molar-refractivity contribution in [2.75, 3.05) is 0 Å². The van der Waals surface area contributed by atoms with Crippen LogP contribution in [0, 0.1) is 42.9 Å². The molecule has 1 N–H and O–H groups in total. The fourth-order valence-electron chi connectivity index (χ4n) is 3.43. The van der Waals surface area contributed by atoms with E-state index in [4.69, 9.17) is 0 Å². The molecule has 0 atom stereocenters. The number of fused-ring (bicyclic) bond motifs is 1. The summed E-state index contributed by atoms with van der Waals surface area (Å²) in [4.78, 5) is 12.9. The second-order valence-electron chi connectivity index (χ2n) is 6.99. The Balaban J connectivity index is 2.17. The molecule has 0 fully saturated rings. The van der Waals surface area contributed by atoms with E-state index in [-0.39, 0.29) is 21.5 Å². The first kappa shape index (κ1) is 20.5. The van der Waals surface area contributed by atoms with Crippen LogP contribution in [-0.4, -0.2) is 14.9 Å². The summed E-state index contributed by atoms with van der Waals surface area (Å²) in [6.07, 6.45) is 0. The molecule has 1 heterocycles. The summed E-state index contributed by atoms with van der Waals surface area (Å²) in [7, 11) is 0. The molecule has 0 aliphatic carbocycles. The summed E-state index contributed by atoms with van der Waals surface area (Å²) >= 11 is 0. The third-order valence-electron chi connectivity index (χ3n) is 4.97. The third kappa shape index (κ3) is 3.04. The largest absolute Gasteiger partial charge is 0.507 e. The molecule has 0 spiro atoms. The van der Waals surface area contributed by atoms with E-state index in [0.29, 0.717) is 22.1 Å². The van der Waals surface area contributed by atoms with Gasteiger partial charge in [-0.1, -0.05) is 18.2 Å². The topological polar surface area (TPSA) is 55.1 Å². The van der Waals surface area contributed by atoms with Crippen molar-refractivity contribution < 1.29 is 27.1 Å². The molecular formula is C22H13F5N2O2. The van der Waals surface area contributed by atoms with E-state index in [1.165, 1.54) is 24.3 Å². The van der Waals surface area contributed by atoms with Gasteiger partial charge in [0, 0.05) is 10.9 Å². The number of phenols is 1. The molecule has 0 radical (unpaired) electrons. The van der Waals surface area contributed by atoms with E-state index in [1.54, 1.807) is 26.0 Å². The average Bonchev–Trinajstić information content (AvgIpc) is 2.76. The van der Waals surface area contributed by atoms with Crippen LogP contribution in [0.25, 0.3) is 27.7 Å². The third-order valence-corrected chi connectivity index (χ3v) is 4.97. The van der Waals surface area contributed by atoms with Crippen LogP contribution in [0.5, 0.6) is 5.75 Å². The fourth-order valence-corrected chi connectivity index (χ4v) is 3.43. The Hall–Kier alpha value is -3.75. The predicted octanol–water partition coefficient (Wildman–Crippen LogP) is 5.07. The van der Waals surface area contributed by atoms with Gasteiger partial charge in [0.05, 0.1) is 11.1 Å². The zero-order valence-corrected chi connectivity index (χ0v) is 16.1. The van der Waals surface area contributed by atoms with Gasteiger partial charge < -0.3 is 5.11 Å². The zero-order valence-electron chi connectivity index (χ0n) is 16.1. The molecule has 158 valence electrons. The van der Waals surface area contributed by atoms with E-state index >= 15 is 0 Å². The number of aryl methyl sites for hydroxylation is 2. The van der Waals surface area contributed by atoms with E-state index in [0.717, 1.165) is 0 Å². The predicted molar refractivity (Wildman–Crippen MR) is 104 cm³/mol. The number of rotatable bonds is 2. The van der Waals surface area contributed by atoms with Gasteiger partial charge in [-0.3, -0.25) is 4.79 Å². The fraction of sp³-hybridized carbons (Fsp3) is 0.0909. The first-order valence-corrected chi connectivity index (χ1v) is 8.98. The maximum absolute atomic E-state index is 14.4. The molecule has 0 unspecified atom stereocenters. The highest BCUT2D eigenvalue weighted by atomic mass is 19.2. The highest BCUT2D eigenvalue weighted by Gasteiger charge is 2.29. The molecule has 3 aromatic carbocycles. The van der Waals surface area contributed by atoms with Gasteiger partial charge in [0.1, 0.15) is 11.4 Å². The number of hydrogen-bond acceptors (Lipinski definition) is 3. The smallest absolute Gasteiger partial charge is 0.279 e. The van der Waals surface area contributed by atoms with Crippen molar-refractivity contribution in [2.24, 2.45) is 0 Å². The highest BCUT2D eigenvalue weighted by molar-refractivity contribution is 5.94. The lowest BCUT2D eigenvalue weighted by Gasteiger charge is -2.14. The molecule has 1 aromatic heterocycles. The number of nitrogens with zero attached hydrogens (tertiary/aromatic N) is 2. The van der Waals surface area contributed by atoms with Gasteiger partial charge in [-0.15, -0.1) is 0 Å². The van der Waals surface area contributed by atoms with E-state index in [1.807, 2.05) is 0 Å². The first-order chi connectivity index (χ1) is 14.6. The monoisotopic (exact) mass is 432 g/mol. The minimum absolute atomic E-state index is 0.0288. The average molecular weight is 432 g/mol. The van der Waals surface area contributed by atoms with Gasteiger partial charge in [0.15, 0.2) is 23.3 Å². The van der Waals surface area contributed by atoms with Crippen molar-refractivity contribution in [2.45, 2.75) is 13.8 Å². The Labute approximate surface area is 171 Å². The quantitative estimate of drug-likeness (QED) is 0.273. The van der Waals surface area contributed by atoms with Crippen LogP contribution in [-0.2, 0) is 0 Å². The highest BCUT2D eigenvalue weighted by Crippen LogP contribution is 2.32. The van der Waals surface area contributed by atoms with E-state index in [9.17, 15) is 31.9 Å². The van der Waals surface area contributed by atoms with E-state index < -0.39 is 40.3 Å². The van der Waals surface area contributed by atoms with Crippen LogP contribution < -0.4 is 5.56 Å². The van der Waals surface area contributed by atoms with Crippen LogP contribution >= 0.6 is 0 Å². The maximum atomic E-state index is 14.4. The van der Waals surface area contributed by atoms with Crippen molar-refractivity contribution >= 4 is 10.8 Å². The van der Waals surface area contributed by atoms with Crippen LogP contribution in [0.15, 0.2) is 41.2 Å². The molecule has 0 aliphatic rings. The van der Waals surface area contributed by atoms with Crippen molar-refractivity contribution in [1.29, 1.82) is 0 Å². The summed E-state index contributed by atoms with van der Waals surface area (Å²) in [6, 6.07) is 9.06. The van der Waals surface area contributed by atoms with Crippen LogP contribution in [0.1, 0.15) is 11.1 Å². The number of aromatic nitrogens is 2. The van der Waals surface area contributed by atoms with Gasteiger partial charge in [-0.25, -0.2) is 22.0 Å². The lowest BCUT2D eigenvalue weighted by Crippen LogP contribution is -2.25. The Morgan fingerprint density at radius 3 is 1.84 bits per heavy atom. The molecule has 0 saturated carbocycles. The van der Waals surface area contributed by atoms with Crippen molar-refractivity contribution in [3.05, 3.63) is 87.0 Å². The van der Waals surface area contributed by atoms with Crippen LogP contribution in [0.2, 0.25) is 0 Å². The van der Waals surface area contributed by atoms with Gasteiger partial charge in [-0.2, -0.15) is 9.78 Å². The number of halogens is 5. The van der Waals surface area contributed by atoms with Crippen molar-refractivity contribution in [1.82, 2.24) is 9.78 Å². The molecule has 0 amide bonds. The van der Waals surface area contributed by atoms with E-state index in [2.05, 4.69) is 5.10 Å². The molecule has 4 aromatic rings. The van der Waals surface area contributed by atoms with Gasteiger partial charge in [-0.05, 0) is 43.2 Å². The SMILES string of the molecule is Cc1cc(-c2nn(-c3c(F)c(F)c(F)c(F)c3F)c(=O)c3ccccc23)cc(C)c1O. The number of phenolic OH excluding ortho intramolecular Hbond substituents is 1.